The largest absolute Gasteiger partial charge is 0.355 e. The number of allylic oxidation sites excluding steroid dienone is 5. The number of nitrogens with one attached hydrogen (secondary N) is 1. The first-order valence-electron chi connectivity index (χ1n) is 14.8. The number of hydrogen-bond acceptors (Lipinski definition) is 8. The number of aromatic nitrogens is 4. The number of aryl methyl sites for hydroxylation is 1. The second-order valence-corrected chi connectivity index (χ2v) is 12.0. The molecule has 1 aliphatic rings. The third kappa shape index (κ3) is 6.04. The number of carbonyl (C=O) groups excluding carboxylic acids is 1. The van der Waals surface area contributed by atoms with Crippen molar-refractivity contribution in [1.82, 2.24) is 29.6 Å². The quantitative estimate of drug-likeness (QED) is 0.250. The summed E-state index contributed by atoms with van der Waals surface area (Å²) in [6, 6.07) is 12.3. The molecular formula is C34H36N8OS. The van der Waals surface area contributed by atoms with E-state index in [1.165, 1.54) is 0 Å². The predicted octanol–water partition coefficient (Wildman–Crippen LogP) is 5.42. The van der Waals surface area contributed by atoms with E-state index in [2.05, 4.69) is 67.4 Å². The van der Waals surface area contributed by atoms with Gasteiger partial charge in [-0.15, -0.1) is 11.3 Å². The monoisotopic (exact) mass is 604 g/mol. The summed E-state index contributed by atoms with van der Waals surface area (Å²) in [7, 11) is 2.17. The number of rotatable bonds is 7. The number of thiazole rings is 1. The van der Waals surface area contributed by atoms with Gasteiger partial charge in [-0.1, -0.05) is 36.9 Å². The SMILES string of the molecule is C=C\C=C/C=C(C)/N=c1/c(C(=O)NCc2cnc(C)cn2)c2sc3ccccc3n2c2nc(N3CCCN(C)CC3)ccc12. The van der Waals surface area contributed by atoms with Crippen LogP contribution in [0.25, 0.3) is 26.1 Å². The van der Waals surface area contributed by atoms with Crippen molar-refractivity contribution in [2.45, 2.75) is 26.8 Å². The number of amides is 1. The maximum atomic E-state index is 14.2. The molecule has 1 saturated heterocycles. The van der Waals surface area contributed by atoms with Crippen LogP contribution >= 0.6 is 11.3 Å². The highest BCUT2D eigenvalue weighted by molar-refractivity contribution is 7.24. The van der Waals surface area contributed by atoms with Crippen molar-refractivity contribution in [2.24, 2.45) is 4.99 Å². The van der Waals surface area contributed by atoms with Gasteiger partial charge in [0.15, 0.2) is 0 Å². The summed E-state index contributed by atoms with van der Waals surface area (Å²) in [5.41, 5.74) is 4.55. The van der Waals surface area contributed by atoms with E-state index in [4.69, 9.17) is 9.98 Å². The van der Waals surface area contributed by atoms with E-state index in [-0.39, 0.29) is 12.5 Å². The number of hydrogen-bond donors (Lipinski definition) is 1. The van der Waals surface area contributed by atoms with Gasteiger partial charge in [-0.2, -0.15) is 0 Å². The zero-order valence-corrected chi connectivity index (χ0v) is 26.1. The Labute approximate surface area is 260 Å². The zero-order valence-electron chi connectivity index (χ0n) is 25.3. The third-order valence-electron chi connectivity index (χ3n) is 7.70. The van der Waals surface area contributed by atoms with Crippen LogP contribution in [-0.4, -0.2) is 63.4 Å². The lowest BCUT2D eigenvalue weighted by molar-refractivity contribution is 0.0950. The molecule has 0 bridgehead atoms. The molecule has 1 fully saturated rings. The normalized spacial score (nSPS) is 15.5. The van der Waals surface area contributed by atoms with Crippen LogP contribution in [0.5, 0.6) is 0 Å². The van der Waals surface area contributed by atoms with Gasteiger partial charge in [-0.3, -0.25) is 24.2 Å². The standard InChI is InChI=1S/C34H36N8OS/c1-5-6-7-11-23(2)38-31-26-14-15-29(41-17-10-16-40(4)18-19-41)39-32(26)42-27-12-8-9-13-28(27)44-34(42)30(31)33(43)37-22-25-21-35-24(3)20-36-25/h5-9,11-15,20-21H,1,10,16-19,22H2,2-4H3,(H,37,43)/b7-6-,23-11+,38-31+. The Hall–Kier alpha value is -4.67. The van der Waals surface area contributed by atoms with Crippen molar-refractivity contribution < 1.29 is 4.79 Å². The minimum absolute atomic E-state index is 0.230. The van der Waals surface area contributed by atoms with E-state index >= 15 is 0 Å². The molecule has 1 aliphatic heterocycles. The van der Waals surface area contributed by atoms with Gasteiger partial charge in [0.2, 0.25) is 0 Å². The summed E-state index contributed by atoms with van der Waals surface area (Å²) < 4.78 is 3.19. The van der Waals surface area contributed by atoms with Crippen LogP contribution in [-0.2, 0) is 6.54 Å². The van der Waals surface area contributed by atoms with Gasteiger partial charge in [-0.25, -0.2) is 4.98 Å². The van der Waals surface area contributed by atoms with Gasteiger partial charge < -0.3 is 15.1 Å². The number of nitrogens with zero attached hydrogens (tertiary/aromatic N) is 7. The number of para-hydroxylation sites is 1. The molecule has 0 aliphatic carbocycles. The molecule has 5 aromatic rings. The Morgan fingerprint density at radius 1 is 1.09 bits per heavy atom. The first kappa shape index (κ1) is 29.4. The Kier molecular flexibility index (Phi) is 8.63. The summed E-state index contributed by atoms with van der Waals surface area (Å²) in [4.78, 5) is 38.8. The van der Waals surface area contributed by atoms with Crippen LogP contribution < -0.4 is 15.6 Å². The summed E-state index contributed by atoms with van der Waals surface area (Å²) in [5.74, 6) is 0.699. The molecular weight excluding hydrogens is 568 g/mol. The smallest absolute Gasteiger partial charge is 0.256 e. The Morgan fingerprint density at radius 2 is 1.95 bits per heavy atom. The summed E-state index contributed by atoms with van der Waals surface area (Å²) in [5, 5.41) is 4.49. The van der Waals surface area contributed by atoms with Gasteiger partial charge in [0.1, 0.15) is 21.9 Å². The van der Waals surface area contributed by atoms with E-state index in [1.807, 2.05) is 44.2 Å². The van der Waals surface area contributed by atoms with Crippen molar-refractivity contribution in [3.63, 3.8) is 0 Å². The summed E-state index contributed by atoms with van der Waals surface area (Å²) in [6.07, 6.45) is 11.8. The average molecular weight is 605 g/mol. The van der Waals surface area contributed by atoms with Crippen LogP contribution in [0.3, 0.4) is 0 Å². The molecule has 4 aromatic heterocycles. The number of likely N-dealkylation sites (N-methyl/N-ethyl adjacent to an activating group) is 1. The first-order valence-corrected chi connectivity index (χ1v) is 15.6. The highest BCUT2D eigenvalue weighted by Crippen LogP contribution is 2.32. The predicted molar refractivity (Wildman–Crippen MR) is 179 cm³/mol. The Bertz CT molecular complexity index is 1990. The van der Waals surface area contributed by atoms with E-state index in [0.29, 0.717) is 16.6 Å². The van der Waals surface area contributed by atoms with Crippen molar-refractivity contribution in [2.75, 3.05) is 38.1 Å². The molecule has 0 radical (unpaired) electrons. The maximum Gasteiger partial charge on any atom is 0.256 e. The highest BCUT2D eigenvalue weighted by Gasteiger charge is 2.23. The van der Waals surface area contributed by atoms with Gasteiger partial charge >= 0.3 is 0 Å². The van der Waals surface area contributed by atoms with E-state index in [1.54, 1.807) is 29.8 Å². The van der Waals surface area contributed by atoms with E-state index < -0.39 is 0 Å². The zero-order chi connectivity index (χ0) is 30.6. The van der Waals surface area contributed by atoms with E-state index in [0.717, 1.165) is 75.9 Å². The fraction of sp³-hybridized carbons (Fsp3) is 0.265. The second kappa shape index (κ2) is 12.9. The Morgan fingerprint density at radius 3 is 2.77 bits per heavy atom. The van der Waals surface area contributed by atoms with Crippen molar-refractivity contribution in [3.8, 4) is 0 Å². The maximum absolute atomic E-state index is 14.2. The number of pyridine rings is 2. The molecule has 0 atom stereocenters. The van der Waals surface area contributed by atoms with Gasteiger partial charge in [0.05, 0.1) is 39.7 Å². The van der Waals surface area contributed by atoms with Gasteiger partial charge in [-0.05, 0) is 64.2 Å². The fourth-order valence-electron chi connectivity index (χ4n) is 5.42. The van der Waals surface area contributed by atoms with Crippen molar-refractivity contribution in [1.29, 1.82) is 0 Å². The number of carbonyl (C=O) groups is 1. The minimum Gasteiger partial charge on any atom is -0.355 e. The van der Waals surface area contributed by atoms with Gasteiger partial charge in [0, 0.05) is 36.9 Å². The molecule has 9 nitrogen and oxygen atoms in total. The van der Waals surface area contributed by atoms with Crippen LogP contribution in [0, 0.1) is 6.92 Å². The summed E-state index contributed by atoms with van der Waals surface area (Å²) >= 11 is 1.57. The molecule has 224 valence electrons. The van der Waals surface area contributed by atoms with Crippen molar-refractivity contribution in [3.05, 3.63) is 108 Å². The molecule has 0 unspecified atom stereocenters. The first-order chi connectivity index (χ1) is 21.4. The molecule has 10 heteroatoms. The number of anilines is 1. The molecule has 1 amide bonds. The fourth-order valence-corrected chi connectivity index (χ4v) is 6.61. The molecule has 6 rings (SSSR count). The topological polar surface area (TPSA) is 91.0 Å². The van der Waals surface area contributed by atoms with Crippen LogP contribution in [0.1, 0.15) is 35.1 Å². The van der Waals surface area contributed by atoms with Crippen LogP contribution in [0.4, 0.5) is 5.82 Å². The number of fused-ring (bicyclic) bond motifs is 5. The molecule has 44 heavy (non-hydrogen) atoms. The molecule has 0 saturated carbocycles. The summed E-state index contributed by atoms with van der Waals surface area (Å²) in [6.45, 7) is 11.7. The van der Waals surface area contributed by atoms with Gasteiger partial charge in [0.25, 0.3) is 5.91 Å². The second-order valence-electron chi connectivity index (χ2n) is 11.0. The van der Waals surface area contributed by atoms with Crippen LogP contribution in [0.2, 0.25) is 0 Å². The van der Waals surface area contributed by atoms with Crippen LogP contribution in [0.15, 0.2) is 90.4 Å². The minimum atomic E-state index is -0.230. The lowest BCUT2D eigenvalue weighted by Gasteiger charge is -2.22. The Balaban J connectivity index is 1.60. The third-order valence-corrected chi connectivity index (χ3v) is 8.85. The number of benzene rings is 1. The molecule has 1 aromatic carbocycles. The molecule has 1 N–H and O–H groups in total. The van der Waals surface area contributed by atoms with E-state index in [9.17, 15) is 4.79 Å². The average Bonchev–Trinajstić information content (AvgIpc) is 3.27. The van der Waals surface area contributed by atoms with Crippen molar-refractivity contribution >= 4 is 49.1 Å². The highest BCUT2D eigenvalue weighted by atomic mass is 32.1. The molecule has 0 spiro atoms. The lowest BCUT2D eigenvalue weighted by atomic mass is 10.1. The lowest BCUT2D eigenvalue weighted by Crippen LogP contribution is -2.31. The molecule has 5 heterocycles.